The summed E-state index contributed by atoms with van der Waals surface area (Å²) in [4.78, 5) is 14.5. The van der Waals surface area contributed by atoms with Crippen LogP contribution in [0.4, 0.5) is 0 Å². The summed E-state index contributed by atoms with van der Waals surface area (Å²) in [6, 6.07) is 0.123. The molecule has 7 heteroatoms. The average molecular weight is 358 g/mol. The van der Waals surface area contributed by atoms with E-state index in [0.717, 1.165) is 38.6 Å². The summed E-state index contributed by atoms with van der Waals surface area (Å²) < 4.78 is 28.0. The van der Waals surface area contributed by atoms with Crippen LogP contribution < -0.4 is 5.32 Å². The predicted octanol–water partition coefficient (Wildman–Crippen LogP) is 1.18. The van der Waals surface area contributed by atoms with E-state index in [1.807, 2.05) is 18.7 Å². The number of likely N-dealkylation sites (tertiary alicyclic amines) is 1. The molecule has 0 bridgehead atoms. The summed E-state index contributed by atoms with van der Waals surface area (Å²) in [5, 5.41) is 2.89. The van der Waals surface area contributed by atoms with E-state index in [-0.39, 0.29) is 23.9 Å². The number of rotatable bonds is 3. The second kappa shape index (κ2) is 7.30. The molecule has 0 aromatic carbocycles. The van der Waals surface area contributed by atoms with E-state index in [4.69, 9.17) is 0 Å². The maximum atomic E-state index is 13.1. The summed E-state index contributed by atoms with van der Waals surface area (Å²) in [6.07, 6.45) is 5.66. The van der Waals surface area contributed by atoms with E-state index in [0.29, 0.717) is 26.1 Å². The molecule has 3 unspecified atom stereocenters. The van der Waals surface area contributed by atoms with Gasteiger partial charge in [0.2, 0.25) is 15.9 Å². The van der Waals surface area contributed by atoms with Crippen molar-refractivity contribution in [3.05, 3.63) is 0 Å². The standard InChI is InChI=1S/C17H31N3O3S/c1-13-14(2)20(11-9-18-13)24(22,23)16-8-5-10-19(12-16)17(21)15-6-3-4-7-15/h13-16,18H,3-12H2,1-2H3. The van der Waals surface area contributed by atoms with Gasteiger partial charge >= 0.3 is 0 Å². The largest absolute Gasteiger partial charge is 0.341 e. The maximum absolute atomic E-state index is 13.1. The highest BCUT2D eigenvalue weighted by molar-refractivity contribution is 7.89. The number of sulfonamides is 1. The molecule has 1 N–H and O–H groups in total. The molecule has 1 aliphatic carbocycles. The third-order valence-electron chi connectivity index (χ3n) is 6.12. The Morgan fingerprint density at radius 1 is 1.04 bits per heavy atom. The molecule has 2 aliphatic heterocycles. The molecule has 1 saturated carbocycles. The van der Waals surface area contributed by atoms with E-state index in [9.17, 15) is 13.2 Å². The number of carbonyl (C=O) groups excluding carboxylic acids is 1. The third-order valence-corrected chi connectivity index (χ3v) is 8.51. The number of piperidine rings is 1. The number of nitrogens with zero attached hydrogens (tertiary/aromatic N) is 2. The SMILES string of the molecule is CC1NCCN(S(=O)(=O)C2CCCN(C(=O)C3CCCC3)C2)C1C. The molecular weight excluding hydrogens is 326 g/mol. The Labute approximate surface area is 146 Å². The summed E-state index contributed by atoms with van der Waals surface area (Å²) in [7, 11) is -3.36. The summed E-state index contributed by atoms with van der Waals surface area (Å²) in [5.74, 6) is 0.318. The zero-order valence-electron chi connectivity index (χ0n) is 14.9. The summed E-state index contributed by atoms with van der Waals surface area (Å²) in [5.41, 5.74) is 0. The van der Waals surface area contributed by atoms with Gasteiger partial charge < -0.3 is 10.2 Å². The fourth-order valence-corrected chi connectivity index (χ4v) is 6.60. The summed E-state index contributed by atoms with van der Waals surface area (Å²) >= 11 is 0. The first-order valence-corrected chi connectivity index (χ1v) is 10.9. The van der Waals surface area contributed by atoms with Gasteiger partial charge in [-0.15, -0.1) is 0 Å². The van der Waals surface area contributed by atoms with Crippen LogP contribution in [0, 0.1) is 5.92 Å². The lowest BCUT2D eigenvalue weighted by atomic mass is 10.0. The van der Waals surface area contributed by atoms with Crippen molar-refractivity contribution in [2.45, 2.75) is 69.7 Å². The van der Waals surface area contributed by atoms with Gasteiger partial charge in [0.25, 0.3) is 0 Å². The first-order chi connectivity index (χ1) is 11.4. The number of hydrogen-bond acceptors (Lipinski definition) is 4. The molecule has 0 aromatic heterocycles. The van der Waals surface area contributed by atoms with Gasteiger partial charge in [0.15, 0.2) is 0 Å². The molecule has 138 valence electrons. The van der Waals surface area contributed by atoms with Crippen LogP contribution >= 0.6 is 0 Å². The highest BCUT2D eigenvalue weighted by Crippen LogP contribution is 2.29. The quantitative estimate of drug-likeness (QED) is 0.823. The number of piperazine rings is 1. The minimum atomic E-state index is -3.36. The second-order valence-corrected chi connectivity index (χ2v) is 9.83. The van der Waals surface area contributed by atoms with Crippen molar-refractivity contribution >= 4 is 15.9 Å². The van der Waals surface area contributed by atoms with E-state index >= 15 is 0 Å². The van der Waals surface area contributed by atoms with Crippen LogP contribution in [-0.4, -0.2) is 67.0 Å². The van der Waals surface area contributed by atoms with Gasteiger partial charge in [0.05, 0.1) is 5.25 Å². The lowest BCUT2D eigenvalue weighted by molar-refractivity contribution is -0.136. The average Bonchev–Trinajstić information content (AvgIpc) is 3.11. The molecular formula is C17H31N3O3S. The third kappa shape index (κ3) is 3.48. The molecule has 0 radical (unpaired) electrons. The van der Waals surface area contributed by atoms with Crippen LogP contribution in [-0.2, 0) is 14.8 Å². The second-order valence-electron chi connectivity index (χ2n) is 7.67. The first kappa shape index (κ1) is 18.1. The number of carbonyl (C=O) groups is 1. The topological polar surface area (TPSA) is 69.7 Å². The Balaban J connectivity index is 1.70. The summed E-state index contributed by atoms with van der Waals surface area (Å²) in [6.45, 7) is 6.32. The van der Waals surface area contributed by atoms with Gasteiger partial charge in [-0.2, -0.15) is 4.31 Å². The molecule has 1 amide bonds. The van der Waals surface area contributed by atoms with Crippen molar-refractivity contribution in [3.8, 4) is 0 Å². The van der Waals surface area contributed by atoms with Gasteiger partial charge in [-0.3, -0.25) is 4.79 Å². The Hall–Kier alpha value is -0.660. The molecule has 0 spiro atoms. The Morgan fingerprint density at radius 3 is 2.46 bits per heavy atom. The molecule has 3 fully saturated rings. The van der Waals surface area contributed by atoms with Crippen molar-refractivity contribution in [1.29, 1.82) is 0 Å². The minimum Gasteiger partial charge on any atom is -0.341 e. The zero-order chi connectivity index (χ0) is 17.3. The van der Waals surface area contributed by atoms with Crippen molar-refractivity contribution in [3.63, 3.8) is 0 Å². The monoisotopic (exact) mass is 357 g/mol. The maximum Gasteiger partial charge on any atom is 0.225 e. The van der Waals surface area contributed by atoms with Gasteiger partial charge in [0.1, 0.15) is 0 Å². The van der Waals surface area contributed by atoms with Gasteiger partial charge in [-0.05, 0) is 39.5 Å². The fraction of sp³-hybridized carbons (Fsp3) is 0.941. The van der Waals surface area contributed by atoms with Gasteiger partial charge in [-0.1, -0.05) is 12.8 Å². The minimum absolute atomic E-state index is 0.0374. The van der Waals surface area contributed by atoms with E-state index < -0.39 is 15.3 Å². The van der Waals surface area contributed by atoms with Crippen molar-refractivity contribution < 1.29 is 13.2 Å². The molecule has 3 rings (SSSR count). The smallest absolute Gasteiger partial charge is 0.225 e. The highest BCUT2D eigenvalue weighted by Gasteiger charge is 2.41. The van der Waals surface area contributed by atoms with Gasteiger partial charge in [0, 0.05) is 44.2 Å². The Bertz CT molecular complexity index is 559. The van der Waals surface area contributed by atoms with Crippen LogP contribution in [0.2, 0.25) is 0 Å². The van der Waals surface area contributed by atoms with Crippen LogP contribution in [0.5, 0.6) is 0 Å². The Morgan fingerprint density at radius 2 is 1.75 bits per heavy atom. The zero-order valence-corrected chi connectivity index (χ0v) is 15.7. The molecule has 3 aliphatic rings. The predicted molar refractivity (Wildman–Crippen MR) is 94.1 cm³/mol. The van der Waals surface area contributed by atoms with E-state index in [1.165, 1.54) is 0 Å². The molecule has 2 saturated heterocycles. The first-order valence-electron chi connectivity index (χ1n) is 9.44. The molecule has 0 aromatic rings. The van der Waals surface area contributed by atoms with Crippen molar-refractivity contribution in [2.24, 2.45) is 5.92 Å². The van der Waals surface area contributed by atoms with Crippen molar-refractivity contribution in [1.82, 2.24) is 14.5 Å². The molecule has 2 heterocycles. The molecule has 3 atom stereocenters. The van der Waals surface area contributed by atoms with Gasteiger partial charge in [-0.25, -0.2) is 8.42 Å². The Kier molecular flexibility index (Phi) is 5.52. The molecule has 24 heavy (non-hydrogen) atoms. The van der Waals surface area contributed by atoms with E-state index in [1.54, 1.807) is 4.31 Å². The lowest BCUT2D eigenvalue weighted by Gasteiger charge is -2.41. The normalized spacial score (nSPS) is 33.8. The lowest BCUT2D eigenvalue weighted by Crippen LogP contribution is -2.60. The van der Waals surface area contributed by atoms with E-state index in [2.05, 4.69) is 5.32 Å². The number of hydrogen-bond donors (Lipinski definition) is 1. The van der Waals surface area contributed by atoms with Crippen LogP contribution in [0.3, 0.4) is 0 Å². The van der Waals surface area contributed by atoms with Crippen LogP contribution in [0.1, 0.15) is 52.4 Å². The fourth-order valence-electron chi connectivity index (χ4n) is 4.39. The van der Waals surface area contributed by atoms with Crippen molar-refractivity contribution in [2.75, 3.05) is 26.2 Å². The highest BCUT2D eigenvalue weighted by atomic mass is 32.2. The van der Waals surface area contributed by atoms with Crippen LogP contribution in [0.15, 0.2) is 0 Å². The number of nitrogens with one attached hydrogen (secondary N) is 1. The number of amides is 1. The van der Waals surface area contributed by atoms with Crippen LogP contribution in [0.25, 0.3) is 0 Å². The molecule has 6 nitrogen and oxygen atoms in total.